The minimum absolute atomic E-state index is 0.131. The Morgan fingerprint density at radius 3 is 2.78 bits per heavy atom. The Labute approximate surface area is 213 Å². The summed E-state index contributed by atoms with van der Waals surface area (Å²) in [6.45, 7) is 2.42. The molecule has 2 saturated heterocycles. The van der Waals surface area contributed by atoms with Gasteiger partial charge in [0.2, 0.25) is 5.91 Å². The van der Waals surface area contributed by atoms with Gasteiger partial charge in [0, 0.05) is 19.7 Å². The van der Waals surface area contributed by atoms with Gasteiger partial charge in [0.05, 0.1) is 23.6 Å². The van der Waals surface area contributed by atoms with Crippen LogP contribution >= 0.6 is 0 Å². The Balaban J connectivity index is 1.42. The highest BCUT2D eigenvalue weighted by Crippen LogP contribution is 2.57. The third-order valence-corrected chi connectivity index (χ3v) is 7.89. The highest BCUT2D eigenvalue weighted by atomic mass is 16.6. The van der Waals surface area contributed by atoms with Crippen molar-refractivity contribution in [2.24, 2.45) is 11.8 Å². The molecule has 1 unspecified atom stereocenters. The number of nitrogens with zero attached hydrogens (tertiary/aromatic N) is 5. The van der Waals surface area contributed by atoms with Gasteiger partial charge in [-0.1, -0.05) is 41.7 Å². The van der Waals surface area contributed by atoms with Crippen molar-refractivity contribution in [3.63, 3.8) is 0 Å². The van der Waals surface area contributed by atoms with E-state index >= 15 is 0 Å². The highest BCUT2D eigenvalue weighted by molar-refractivity contribution is 5.99. The maximum absolute atomic E-state index is 14.2. The van der Waals surface area contributed by atoms with Gasteiger partial charge in [0.1, 0.15) is 29.7 Å². The Hall–Kier alpha value is -3.57. The maximum atomic E-state index is 14.2. The quantitative estimate of drug-likeness (QED) is 0.462. The smallest absolute Gasteiger partial charge is 0.313 e. The molecule has 0 aliphatic carbocycles. The van der Waals surface area contributed by atoms with Crippen molar-refractivity contribution in [1.82, 2.24) is 24.8 Å². The minimum atomic E-state index is -1.35. The summed E-state index contributed by atoms with van der Waals surface area (Å²) in [5.41, 5.74) is -0.963. The van der Waals surface area contributed by atoms with Crippen molar-refractivity contribution in [2.75, 3.05) is 26.3 Å². The van der Waals surface area contributed by atoms with E-state index in [0.29, 0.717) is 18.4 Å². The number of ether oxygens (including phenoxy) is 2. The van der Waals surface area contributed by atoms with Crippen molar-refractivity contribution >= 4 is 28.8 Å². The first-order chi connectivity index (χ1) is 17.9. The van der Waals surface area contributed by atoms with Crippen LogP contribution in [0.2, 0.25) is 0 Å². The Morgan fingerprint density at radius 1 is 1.11 bits per heavy atom. The number of para-hydroxylation sites is 1. The van der Waals surface area contributed by atoms with E-state index in [4.69, 9.17) is 9.47 Å². The van der Waals surface area contributed by atoms with E-state index in [2.05, 4.69) is 10.3 Å². The molecule has 1 spiro atoms. The maximum Gasteiger partial charge on any atom is 0.313 e. The number of carbonyl (C=O) groups is 3. The molecule has 11 heteroatoms. The second-order valence-electron chi connectivity index (χ2n) is 10.1. The van der Waals surface area contributed by atoms with Gasteiger partial charge in [-0.3, -0.25) is 14.4 Å². The molecule has 2 fully saturated rings. The summed E-state index contributed by atoms with van der Waals surface area (Å²) in [7, 11) is 0. The van der Waals surface area contributed by atoms with Crippen molar-refractivity contribution in [3.8, 4) is 0 Å². The molecule has 2 amide bonds. The molecule has 5 atom stereocenters. The van der Waals surface area contributed by atoms with Gasteiger partial charge >= 0.3 is 5.97 Å². The van der Waals surface area contributed by atoms with E-state index in [9.17, 15) is 19.5 Å². The van der Waals surface area contributed by atoms with Crippen LogP contribution in [0.25, 0.3) is 11.0 Å². The van der Waals surface area contributed by atoms with Gasteiger partial charge in [0.25, 0.3) is 5.91 Å². The second-order valence-corrected chi connectivity index (χ2v) is 10.1. The number of rotatable bonds is 5. The monoisotopic (exact) mass is 507 g/mol. The van der Waals surface area contributed by atoms with Crippen molar-refractivity contribution in [2.45, 2.75) is 43.7 Å². The molecular weight excluding hydrogens is 478 g/mol. The summed E-state index contributed by atoms with van der Waals surface area (Å²) in [6, 6.07) is 6.48. The van der Waals surface area contributed by atoms with Crippen molar-refractivity contribution in [1.29, 1.82) is 0 Å². The zero-order valence-electron chi connectivity index (χ0n) is 20.5. The normalized spacial score (nSPS) is 33.1. The lowest BCUT2D eigenvalue weighted by atomic mass is 9.74. The molecule has 0 radical (unpaired) electrons. The van der Waals surface area contributed by atoms with Crippen LogP contribution in [0.1, 0.15) is 19.8 Å². The van der Waals surface area contributed by atoms with Crippen LogP contribution in [0.4, 0.5) is 0 Å². The van der Waals surface area contributed by atoms with E-state index < -0.39 is 35.0 Å². The van der Waals surface area contributed by atoms with Gasteiger partial charge in [-0.2, -0.15) is 0 Å². The average Bonchev–Trinajstić information content (AvgIpc) is 3.43. The lowest BCUT2D eigenvalue weighted by Gasteiger charge is -2.37. The van der Waals surface area contributed by atoms with E-state index in [1.807, 2.05) is 42.5 Å². The topological polar surface area (TPSA) is 127 Å². The standard InChI is InChI=1S/C26H29N5O6/c1-25-10-4-5-15-36-24(35)20(25)19-22(33)30(13-7-14-32)21-23(34)29(12-6-11-26(19,21)37-25)16-31-18-9-3-2-8-17(18)27-28-31/h2-4,6,8-11,19-21,32H,5,7,12-16H2,1H3/t19-,20-,21?,25+,26-/m0/s1. The second kappa shape index (κ2) is 8.77. The molecule has 2 aromatic rings. The molecule has 5 heterocycles. The SMILES string of the molecule is C[C@@]12C=CCCOC(=O)[C@@H]1[C@H]1C(=O)N(CCCO)C3C(=O)N(Cn4nnc5ccccc54)CC=C[C@@]31O2. The zero-order chi connectivity index (χ0) is 25.8. The summed E-state index contributed by atoms with van der Waals surface area (Å²) < 4.78 is 13.8. The molecule has 4 aliphatic rings. The van der Waals surface area contributed by atoms with Crippen molar-refractivity contribution in [3.05, 3.63) is 48.6 Å². The van der Waals surface area contributed by atoms with Crippen LogP contribution in [0.5, 0.6) is 0 Å². The van der Waals surface area contributed by atoms with E-state index in [1.165, 1.54) is 4.90 Å². The number of benzene rings is 1. The molecule has 6 rings (SSSR count). The minimum Gasteiger partial charge on any atom is -0.465 e. The first kappa shape index (κ1) is 23.8. The average molecular weight is 508 g/mol. The third kappa shape index (κ3) is 3.51. The molecule has 1 aromatic carbocycles. The number of amides is 2. The predicted molar refractivity (Wildman–Crippen MR) is 130 cm³/mol. The van der Waals surface area contributed by atoms with E-state index in [0.717, 1.165) is 5.52 Å². The Morgan fingerprint density at radius 2 is 1.95 bits per heavy atom. The molecular formula is C26H29N5O6. The van der Waals surface area contributed by atoms with Crippen LogP contribution in [0.3, 0.4) is 0 Å². The molecule has 1 N–H and O–H groups in total. The van der Waals surface area contributed by atoms with Gasteiger partial charge in [-0.05, 0) is 31.9 Å². The fraction of sp³-hybridized carbons (Fsp3) is 0.500. The molecule has 37 heavy (non-hydrogen) atoms. The van der Waals surface area contributed by atoms with Crippen LogP contribution in [0.15, 0.2) is 48.6 Å². The summed E-state index contributed by atoms with van der Waals surface area (Å²) in [4.78, 5) is 44.5. The predicted octanol–water partition coefficient (Wildman–Crippen LogP) is 0.644. The van der Waals surface area contributed by atoms with E-state index in [-0.39, 0.29) is 44.8 Å². The van der Waals surface area contributed by atoms with E-state index in [1.54, 1.807) is 22.6 Å². The fourth-order valence-corrected chi connectivity index (χ4v) is 6.33. The summed E-state index contributed by atoms with van der Waals surface area (Å²) in [6.07, 6.45) is 8.17. The molecule has 0 bridgehead atoms. The molecule has 0 saturated carbocycles. The number of hydrogen-bond acceptors (Lipinski definition) is 8. The number of hydrogen-bond donors (Lipinski definition) is 1. The number of carbonyl (C=O) groups excluding carboxylic acids is 3. The zero-order valence-corrected chi connectivity index (χ0v) is 20.5. The summed E-state index contributed by atoms with van der Waals surface area (Å²) in [5, 5.41) is 17.9. The Kier molecular flexibility index (Phi) is 5.64. The molecule has 11 nitrogen and oxygen atoms in total. The Bertz CT molecular complexity index is 1320. The van der Waals surface area contributed by atoms with Crippen molar-refractivity contribution < 1.29 is 29.0 Å². The number of aliphatic hydroxyl groups excluding tert-OH is 1. The number of cyclic esters (lactones) is 1. The largest absolute Gasteiger partial charge is 0.465 e. The summed E-state index contributed by atoms with van der Waals surface area (Å²) in [5.74, 6) is -2.98. The number of likely N-dealkylation sites (tertiary alicyclic amines) is 1. The third-order valence-electron chi connectivity index (χ3n) is 7.89. The van der Waals surface area contributed by atoms with Crippen LogP contribution in [0, 0.1) is 11.8 Å². The first-order valence-corrected chi connectivity index (χ1v) is 12.6. The van der Waals surface area contributed by atoms with Gasteiger partial charge in [-0.25, -0.2) is 4.68 Å². The number of aromatic nitrogens is 3. The van der Waals surface area contributed by atoms with Gasteiger partial charge in [-0.15, -0.1) is 5.10 Å². The lowest BCUT2D eigenvalue weighted by molar-refractivity contribution is -0.160. The lowest BCUT2D eigenvalue weighted by Crippen LogP contribution is -2.56. The van der Waals surface area contributed by atoms with Gasteiger partial charge in [0.15, 0.2) is 0 Å². The molecule has 4 aliphatic heterocycles. The number of aliphatic hydroxyl groups is 1. The highest BCUT2D eigenvalue weighted by Gasteiger charge is 2.74. The van der Waals surface area contributed by atoms with Crippen LogP contribution < -0.4 is 0 Å². The number of esters is 1. The number of fused-ring (bicyclic) bond motifs is 3. The fourth-order valence-electron chi connectivity index (χ4n) is 6.33. The van der Waals surface area contributed by atoms with Crippen LogP contribution in [-0.4, -0.2) is 91.2 Å². The van der Waals surface area contributed by atoms with Crippen LogP contribution in [-0.2, 0) is 30.5 Å². The van der Waals surface area contributed by atoms with Gasteiger partial charge < -0.3 is 24.4 Å². The molecule has 194 valence electrons. The summed E-state index contributed by atoms with van der Waals surface area (Å²) >= 11 is 0. The molecule has 1 aromatic heterocycles. The first-order valence-electron chi connectivity index (χ1n) is 12.6.